The molecule has 6 heteroatoms. The summed E-state index contributed by atoms with van der Waals surface area (Å²) in [6.45, 7) is 11.2. The van der Waals surface area contributed by atoms with Crippen LogP contribution in [0.1, 0.15) is 117 Å². The number of rotatable bonds is 10. The zero-order valence-corrected chi connectivity index (χ0v) is 27.5. The van der Waals surface area contributed by atoms with Crippen LogP contribution in [0.5, 0.6) is 5.75 Å². The number of methoxy groups -OCH3 is 1. The summed E-state index contributed by atoms with van der Waals surface area (Å²) in [5.74, 6) is 2.88. The van der Waals surface area contributed by atoms with Crippen LogP contribution in [-0.2, 0) is 11.3 Å². The van der Waals surface area contributed by atoms with Crippen LogP contribution in [0, 0.1) is 52.3 Å². The zero-order chi connectivity index (χ0) is 31.2. The summed E-state index contributed by atoms with van der Waals surface area (Å²) in [6.07, 6.45) is 7.40. The van der Waals surface area contributed by atoms with Crippen molar-refractivity contribution < 1.29 is 27.8 Å². The third-order valence-corrected chi connectivity index (χ3v) is 13.8. The molecule has 1 N–H and O–H groups in total. The van der Waals surface area contributed by atoms with Crippen molar-refractivity contribution in [1.82, 2.24) is 0 Å². The summed E-state index contributed by atoms with van der Waals surface area (Å²) in [7, 11) is 1.64. The standard InChI is InChI=1S/C37H57F3O3/c1-7-36(41)21-20-34(4)27(22-36)11-14-29-31-16-15-30(35(31,5)19-18-32(29)34)25(3)33(17-8-24(2)37(38,39)40)43-23-26-9-12-28(42-6)13-10-26/h9-10,12-13,24-25,27,29-33,41H,7-8,11,14-23H2,1-6H3/t24-,25+,27-,29+,30-,31+,32+,33?,34+,35-,36-/m1/s1. The maximum absolute atomic E-state index is 13.5. The Kier molecular flexibility index (Phi) is 9.62. The highest BCUT2D eigenvalue weighted by Gasteiger charge is 2.62. The summed E-state index contributed by atoms with van der Waals surface area (Å²) in [5.41, 5.74) is 1.08. The van der Waals surface area contributed by atoms with Gasteiger partial charge in [-0.3, -0.25) is 0 Å². The van der Waals surface area contributed by atoms with Crippen molar-refractivity contribution in [1.29, 1.82) is 0 Å². The van der Waals surface area contributed by atoms with Gasteiger partial charge in [-0.1, -0.05) is 46.8 Å². The van der Waals surface area contributed by atoms with E-state index in [9.17, 15) is 18.3 Å². The highest BCUT2D eigenvalue weighted by atomic mass is 19.4. The molecule has 1 aromatic carbocycles. The highest BCUT2D eigenvalue weighted by Crippen LogP contribution is 2.69. The Balaban J connectivity index is 1.31. The summed E-state index contributed by atoms with van der Waals surface area (Å²) < 4.78 is 52.4. The topological polar surface area (TPSA) is 38.7 Å². The van der Waals surface area contributed by atoms with Crippen LogP contribution in [0.2, 0.25) is 0 Å². The van der Waals surface area contributed by atoms with Crippen LogP contribution in [-0.4, -0.2) is 30.1 Å². The average Bonchev–Trinajstić information content (AvgIpc) is 3.34. The van der Waals surface area contributed by atoms with Crippen molar-refractivity contribution in [3.63, 3.8) is 0 Å². The number of hydrogen-bond donors (Lipinski definition) is 1. The molecular formula is C37H57F3O3. The number of benzene rings is 1. The first-order chi connectivity index (χ1) is 20.2. The molecule has 0 radical (unpaired) electrons. The van der Waals surface area contributed by atoms with Crippen LogP contribution in [0.4, 0.5) is 13.2 Å². The summed E-state index contributed by atoms with van der Waals surface area (Å²) in [6, 6.07) is 7.79. The first-order valence-electron chi connectivity index (χ1n) is 17.3. The third kappa shape index (κ3) is 6.40. The Morgan fingerprint density at radius 3 is 2.26 bits per heavy atom. The lowest BCUT2D eigenvalue weighted by Gasteiger charge is -2.62. The van der Waals surface area contributed by atoms with Gasteiger partial charge in [0.2, 0.25) is 0 Å². The number of hydrogen-bond acceptors (Lipinski definition) is 3. The van der Waals surface area contributed by atoms with E-state index >= 15 is 0 Å². The molecule has 3 nitrogen and oxygen atoms in total. The molecule has 4 saturated carbocycles. The normalized spacial score (nSPS) is 39.7. The van der Waals surface area contributed by atoms with Crippen molar-refractivity contribution in [2.45, 2.75) is 136 Å². The smallest absolute Gasteiger partial charge is 0.391 e. The van der Waals surface area contributed by atoms with E-state index in [-0.39, 0.29) is 23.9 Å². The number of aliphatic hydroxyl groups is 1. The molecule has 0 saturated heterocycles. The summed E-state index contributed by atoms with van der Waals surface area (Å²) >= 11 is 0. The van der Waals surface area contributed by atoms with Crippen LogP contribution in [0.3, 0.4) is 0 Å². The van der Waals surface area contributed by atoms with Gasteiger partial charge in [-0.05, 0) is 141 Å². The molecular weight excluding hydrogens is 549 g/mol. The molecule has 0 spiro atoms. The fraction of sp³-hybridized carbons (Fsp3) is 0.838. The summed E-state index contributed by atoms with van der Waals surface area (Å²) in [5, 5.41) is 11.2. The van der Waals surface area contributed by atoms with E-state index in [4.69, 9.17) is 9.47 Å². The fourth-order valence-corrected chi connectivity index (χ4v) is 10.8. The Bertz CT molecular complexity index is 1070. The van der Waals surface area contributed by atoms with Crippen LogP contribution in [0.15, 0.2) is 24.3 Å². The van der Waals surface area contributed by atoms with Gasteiger partial charge in [-0.15, -0.1) is 0 Å². The molecule has 0 aliphatic heterocycles. The fourth-order valence-electron chi connectivity index (χ4n) is 10.8. The van der Waals surface area contributed by atoms with E-state index in [1.165, 1.54) is 39.0 Å². The third-order valence-electron chi connectivity index (χ3n) is 13.8. The van der Waals surface area contributed by atoms with Crippen LogP contribution >= 0.6 is 0 Å². The van der Waals surface area contributed by atoms with E-state index in [2.05, 4.69) is 27.7 Å². The molecule has 1 aromatic rings. The van der Waals surface area contributed by atoms with Gasteiger partial charge in [0.15, 0.2) is 0 Å². The maximum Gasteiger partial charge on any atom is 0.391 e. The number of alkyl halides is 3. The van der Waals surface area contributed by atoms with Gasteiger partial charge < -0.3 is 14.6 Å². The molecule has 4 aliphatic carbocycles. The lowest BCUT2D eigenvalue weighted by atomic mass is 9.43. The summed E-state index contributed by atoms with van der Waals surface area (Å²) in [4.78, 5) is 0. The second kappa shape index (κ2) is 12.5. The molecule has 0 bridgehead atoms. The molecule has 244 valence electrons. The average molecular weight is 607 g/mol. The number of halogens is 3. The van der Waals surface area contributed by atoms with E-state index in [1.807, 2.05) is 24.3 Å². The highest BCUT2D eigenvalue weighted by molar-refractivity contribution is 5.26. The van der Waals surface area contributed by atoms with Crippen LogP contribution in [0.25, 0.3) is 0 Å². The molecule has 0 amide bonds. The molecule has 0 aromatic heterocycles. The lowest BCUT2D eigenvalue weighted by molar-refractivity contribution is -0.174. The minimum absolute atomic E-state index is 0.0997. The van der Waals surface area contributed by atoms with Gasteiger partial charge in [-0.25, -0.2) is 0 Å². The Morgan fingerprint density at radius 1 is 0.907 bits per heavy atom. The maximum atomic E-state index is 13.5. The predicted octanol–water partition coefficient (Wildman–Crippen LogP) is 10.00. The first-order valence-corrected chi connectivity index (χ1v) is 17.3. The molecule has 1 unspecified atom stereocenters. The molecule has 11 atom stereocenters. The van der Waals surface area contributed by atoms with E-state index in [0.717, 1.165) is 55.3 Å². The molecule has 43 heavy (non-hydrogen) atoms. The quantitative estimate of drug-likeness (QED) is 0.288. The minimum atomic E-state index is -4.17. The van der Waals surface area contributed by atoms with Gasteiger partial charge in [0.25, 0.3) is 0 Å². The van der Waals surface area contributed by atoms with Gasteiger partial charge in [0.05, 0.1) is 31.3 Å². The predicted molar refractivity (Wildman–Crippen MR) is 166 cm³/mol. The lowest BCUT2D eigenvalue weighted by Crippen LogP contribution is -2.56. The number of fused-ring (bicyclic) bond motifs is 5. The van der Waals surface area contributed by atoms with E-state index < -0.39 is 17.7 Å². The Hall–Kier alpha value is -1.27. The monoisotopic (exact) mass is 606 g/mol. The Labute approximate surface area is 258 Å². The van der Waals surface area contributed by atoms with E-state index in [1.54, 1.807) is 7.11 Å². The van der Waals surface area contributed by atoms with E-state index in [0.29, 0.717) is 36.2 Å². The van der Waals surface area contributed by atoms with Crippen molar-refractivity contribution in [3.8, 4) is 5.75 Å². The second-order valence-corrected chi connectivity index (χ2v) is 15.7. The zero-order valence-electron chi connectivity index (χ0n) is 27.5. The largest absolute Gasteiger partial charge is 0.497 e. The van der Waals surface area contributed by atoms with Gasteiger partial charge in [0.1, 0.15) is 5.75 Å². The minimum Gasteiger partial charge on any atom is -0.497 e. The van der Waals surface area contributed by atoms with Crippen molar-refractivity contribution in [2.24, 2.45) is 52.3 Å². The second-order valence-electron chi connectivity index (χ2n) is 15.7. The first kappa shape index (κ1) is 33.1. The van der Waals surface area contributed by atoms with Crippen LogP contribution < -0.4 is 4.74 Å². The van der Waals surface area contributed by atoms with Crippen molar-refractivity contribution in [2.75, 3.05) is 7.11 Å². The van der Waals surface area contributed by atoms with Crippen molar-refractivity contribution >= 4 is 0 Å². The van der Waals surface area contributed by atoms with Gasteiger partial charge >= 0.3 is 6.18 Å². The molecule has 5 rings (SSSR count). The van der Waals surface area contributed by atoms with Crippen molar-refractivity contribution in [3.05, 3.63) is 29.8 Å². The van der Waals surface area contributed by atoms with Gasteiger partial charge in [-0.2, -0.15) is 13.2 Å². The molecule has 0 heterocycles. The van der Waals surface area contributed by atoms with Gasteiger partial charge in [0, 0.05) is 0 Å². The SMILES string of the molecule is CC[C@@]1(O)CC[C@@]2(C)[C@H](CC[C@@H]3[C@@H]2CC[C@]2(C)[C@@H]([C@H](C)C(CC[C@@H](C)C(F)(F)F)OCc4ccc(OC)cc4)CC[C@@H]32)C1. The molecule has 4 fully saturated rings. The number of ether oxygens (including phenoxy) is 2. The Morgan fingerprint density at radius 2 is 1.60 bits per heavy atom. The molecule has 4 aliphatic rings.